The topological polar surface area (TPSA) is 35.2 Å². The zero-order valence-electron chi connectivity index (χ0n) is 9.59. The average molecular weight is 409 g/mol. The molecule has 0 aliphatic carbocycles. The van der Waals surface area contributed by atoms with Gasteiger partial charge in [-0.25, -0.2) is 4.39 Å². The Morgan fingerprint density at radius 1 is 1.11 bits per heavy atom. The fourth-order valence-electron chi connectivity index (χ4n) is 1.46. The third-order valence-corrected chi connectivity index (χ3v) is 3.96. The van der Waals surface area contributed by atoms with Crippen LogP contribution in [0.2, 0.25) is 5.02 Å². The van der Waals surface area contributed by atoms with E-state index in [2.05, 4.69) is 31.9 Å². The Hall–Kier alpha value is -0.620. The molecule has 0 aromatic heterocycles. The van der Waals surface area contributed by atoms with Crippen LogP contribution >= 0.6 is 43.5 Å². The van der Waals surface area contributed by atoms with E-state index in [1.807, 2.05) is 12.1 Å². The summed E-state index contributed by atoms with van der Waals surface area (Å²) in [4.78, 5) is 0. The van der Waals surface area contributed by atoms with Crippen molar-refractivity contribution in [2.45, 2.75) is 6.54 Å². The van der Waals surface area contributed by atoms with Crippen LogP contribution in [0, 0.1) is 5.82 Å². The maximum absolute atomic E-state index is 13.4. The van der Waals surface area contributed by atoms with Gasteiger partial charge in [0.15, 0.2) is 0 Å². The molecule has 0 aliphatic rings. The van der Waals surface area contributed by atoms with Crippen LogP contribution in [0.15, 0.2) is 39.3 Å². The van der Waals surface area contributed by atoms with Gasteiger partial charge in [0.05, 0.1) is 14.0 Å². The van der Waals surface area contributed by atoms with Gasteiger partial charge in [-0.2, -0.15) is 0 Å². The first-order valence-corrected chi connectivity index (χ1v) is 7.28. The molecule has 0 saturated heterocycles. The van der Waals surface area contributed by atoms with E-state index < -0.39 is 5.82 Å². The van der Waals surface area contributed by atoms with Crippen molar-refractivity contribution in [2.75, 3.05) is 0 Å². The molecule has 0 unspecified atom stereocenters. The number of nitrogens with two attached hydrogens (primary N) is 1. The molecule has 0 radical (unpaired) electrons. The van der Waals surface area contributed by atoms with Gasteiger partial charge in [-0.1, -0.05) is 17.7 Å². The lowest BCUT2D eigenvalue weighted by atomic mass is 10.2. The molecule has 0 heterocycles. The highest BCUT2D eigenvalue weighted by molar-refractivity contribution is 9.11. The largest absolute Gasteiger partial charge is 0.455 e. The molecule has 0 aliphatic heterocycles. The van der Waals surface area contributed by atoms with Gasteiger partial charge in [-0.3, -0.25) is 0 Å². The Kier molecular flexibility index (Phi) is 4.84. The lowest BCUT2D eigenvalue weighted by Crippen LogP contribution is -1.96. The summed E-state index contributed by atoms with van der Waals surface area (Å²) in [6, 6.07) is 8.16. The van der Waals surface area contributed by atoms with E-state index in [9.17, 15) is 4.39 Å². The van der Waals surface area contributed by atoms with Gasteiger partial charge >= 0.3 is 0 Å². The summed E-state index contributed by atoms with van der Waals surface area (Å²) in [6.45, 7) is 0.443. The first kappa shape index (κ1) is 14.8. The van der Waals surface area contributed by atoms with Crippen molar-refractivity contribution in [2.24, 2.45) is 5.73 Å². The first-order chi connectivity index (χ1) is 9.01. The molecule has 0 bridgehead atoms. The van der Waals surface area contributed by atoms with E-state index in [4.69, 9.17) is 22.1 Å². The zero-order chi connectivity index (χ0) is 14.0. The average Bonchev–Trinajstić information content (AvgIpc) is 2.38. The van der Waals surface area contributed by atoms with E-state index >= 15 is 0 Å². The van der Waals surface area contributed by atoms with Crippen LogP contribution in [0.3, 0.4) is 0 Å². The van der Waals surface area contributed by atoms with E-state index in [0.29, 0.717) is 22.5 Å². The SMILES string of the molecule is NCc1ccc(Oc2cc(F)c(Cl)cc2Br)c(Br)c1. The fourth-order valence-corrected chi connectivity index (χ4v) is 2.68. The summed E-state index contributed by atoms with van der Waals surface area (Å²) in [7, 11) is 0. The van der Waals surface area contributed by atoms with Gasteiger partial charge in [-0.05, 0) is 55.6 Å². The maximum atomic E-state index is 13.4. The third kappa shape index (κ3) is 3.48. The molecule has 2 rings (SSSR count). The van der Waals surface area contributed by atoms with E-state index in [-0.39, 0.29) is 5.02 Å². The fraction of sp³-hybridized carbons (Fsp3) is 0.0769. The molecule has 0 spiro atoms. The molecule has 2 nitrogen and oxygen atoms in total. The smallest absolute Gasteiger partial charge is 0.145 e. The maximum Gasteiger partial charge on any atom is 0.145 e. The molecule has 2 aromatic rings. The number of benzene rings is 2. The zero-order valence-corrected chi connectivity index (χ0v) is 13.5. The highest BCUT2D eigenvalue weighted by Crippen LogP contribution is 2.36. The molecule has 2 N–H and O–H groups in total. The minimum Gasteiger partial charge on any atom is -0.455 e. The monoisotopic (exact) mass is 407 g/mol. The molecule has 0 fully saturated rings. The molecule has 0 atom stereocenters. The minimum absolute atomic E-state index is 0.0387. The Morgan fingerprint density at radius 2 is 1.79 bits per heavy atom. The lowest BCUT2D eigenvalue weighted by Gasteiger charge is -2.11. The van der Waals surface area contributed by atoms with Crippen molar-refractivity contribution in [3.05, 3.63) is 55.7 Å². The molecule has 6 heteroatoms. The van der Waals surface area contributed by atoms with Crippen LogP contribution in [0.5, 0.6) is 11.5 Å². The highest BCUT2D eigenvalue weighted by atomic mass is 79.9. The second-order valence-corrected chi connectivity index (χ2v) is 5.88. The van der Waals surface area contributed by atoms with Crippen molar-refractivity contribution in [3.63, 3.8) is 0 Å². The minimum atomic E-state index is -0.533. The number of hydrogen-bond donors (Lipinski definition) is 1. The normalized spacial score (nSPS) is 10.6. The summed E-state index contributed by atoms with van der Waals surface area (Å²) in [5, 5.41) is 0.0387. The third-order valence-electron chi connectivity index (χ3n) is 2.43. The quantitative estimate of drug-likeness (QED) is 0.703. The van der Waals surface area contributed by atoms with Crippen LogP contribution in [0.1, 0.15) is 5.56 Å². The van der Waals surface area contributed by atoms with Gasteiger partial charge in [-0.15, -0.1) is 0 Å². The standard InChI is InChI=1S/C13H9Br2ClFNO/c14-8-3-7(6-18)1-2-12(8)19-13-5-11(17)10(16)4-9(13)15/h1-5H,6,18H2. The van der Waals surface area contributed by atoms with Gasteiger partial charge in [0, 0.05) is 12.6 Å². The first-order valence-electron chi connectivity index (χ1n) is 5.32. The molecular weight excluding hydrogens is 400 g/mol. The van der Waals surface area contributed by atoms with Gasteiger partial charge in [0.25, 0.3) is 0 Å². The Labute approximate surface area is 132 Å². The molecular formula is C13H9Br2ClFNO. The van der Waals surface area contributed by atoms with Gasteiger partial charge in [0.1, 0.15) is 17.3 Å². The summed E-state index contributed by atoms with van der Waals surface area (Å²) in [6.07, 6.45) is 0. The summed E-state index contributed by atoms with van der Waals surface area (Å²) in [5.74, 6) is 0.386. The number of ether oxygens (including phenoxy) is 1. The van der Waals surface area contributed by atoms with Crippen molar-refractivity contribution in [1.82, 2.24) is 0 Å². The van der Waals surface area contributed by atoms with Crippen LogP contribution in [0.25, 0.3) is 0 Å². The van der Waals surface area contributed by atoms with Crippen LogP contribution < -0.4 is 10.5 Å². The van der Waals surface area contributed by atoms with Crippen molar-refractivity contribution in [1.29, 1.82) is 0 Å². The summed E-state index contributed by atoms with van der Waals surface area (Å²) >= 11 is 12.3. The highest BCUT2D eigenvalue weighted by Gasteiger charge is 2.10. The predicted octanol–water partition coefficient (Wildman–Crippen LogP) is 5.26. The second-order valence-electron chi connectivity index (χ2n) is 3.77. The predicted molar refractivity (Wildman–Crippen MR) is 81.2 cm³/mol. The van der Waals surface area contributed by atoms with Crippen molar-refractivity contribution in [3.8, 4) is 11.5 Å². The van der Waals surface area contributed by atoms with E-state index in [1.54, 1.807) is 6.07 Å². The van der Waals surface area contributed by atoms with Crippen molar-refractivity contribution >= 4 is 43.5 Å². The number of halogens is 4. The molecule has 2 aromatic carbocycles. The van der Waals surface area contributed by atoms with Gasteiger partial charge in [0.2, 0.25) is 0 Å². The molecule has 0 saturated carbocycles. The number of hydrogen-bond acceptors (Lipinski definition) is 2. The molecule has 19 heavy (non-hydrogen) atoms. The summed E-state index contributed by atoms with van der Waals surface area (Å²) < 4.78 is 20.4. The van der Waals surface area contributed by atoms with E-state index in [1.165, 1.54) is 12.1 Å². The Bertz CT molecular complexity index is 622. The summed E-state index contributed by atoms with van der Waals surface area (Å²) in [5.41, 5.74) is 6.52. The molecule has 100 valence electrons. The van der Waals surface area contributed by atoms with Gasteiger partial charge < -0.3 is 10.5 Å². The lowest BCUT2D eigenvalue weighted by molar-refractivity contribution is 0.470. The Morgan fingerprint density at radius 3 is 2.42 bits per heavy atom. The van der Waals surface area contributed by atoms with Crippen LogP contribution in [-0.2, 0) is 6.54 Å². The second kappa shape index (κ2) is 6.22. The van der Waals surface area contributed by atoms with E-state index in [0.717, 1.165) is 10.0 Å². The van der Waals surface area contributed by atoms with Crippen molar-refractivity contribution < 1.29 is 9.13 Å². The van der Waals surface area contributed by atoms with Crippen LogP contribution in [0.4, 0.5) is 4.39 Å². The van der Waals surface area contributed by atoms with Crippen LogP contribution in [-0.4, -0.2) is 0 Å². The number of rotatable bonds is 3. The Balaban J connectivity index is 2.33. The molecule has 0 amide bonds.